The lowest BCUT2D eigenvalue weighted by molar-refractivity contribution is -0.210. The van der Waals surface area contributed by atoms with Gasteiger partial charge in [0, 0.05) is 6.42 Å². The van der Waals surface area contributed by atoms with E-state index < -0.39 is 5.79 Å². The second-order valence-corrected chi connectivity index (χ2v) is 4.58. The predicted octanol–water partition coefficient (Wildman–Crippen LogP) is 2.43. The van der Waals surface area contributed by atoms with Crippen LogP contribution in [0.4, 0.5) is 0 Å². The van der Waals surface area contributed by atoms with Gasteiger partial charge in [-0.1, -0.05) is 30.3 Å². The molecule has 0 amide bonds. The minimum Gasteiger partial charge on any atom is -0.469 e. The van der Waals surface area contributed by atoms with Crippen molar-refractivity contribution in [1.82, 2.24) is 0 Å². The van der Waals surface area contributed by atoms with Crippen molar-refractivity contribution in [3.05, 3.63) is 35.9 Å². The smallest absolute Gasteiger partial charge is 0.305 e. The van der Waals surface area contributed by atoms with E-state index in [0.29, 0.717) is 6.42 Å². The van der Waals surface area contributed by atoms with Gasteiger partial charge in [-0.25, -0.2) is 0 Å². The zero-order chi connectivity index (χ0) is 13.6. The van der Waals surface area contributed by atoms with E-state index in [0.717, 1.165) is 5.56 Å². The summed E-state index contributed by atoms with van der Waals surface area (Å²) in [5.74, 6) is -1.52. The third-order valence-corrected chi connectivity index (χ3v) is 2.44. The minimum absolute atomic E-state index is 0.256. The van der Waals surface area contributed by atoms with E-state index in [1.165, 1.54) is 7.11 Å². The molecule has 1 aromatic carbocycles. The highest BCUT2D eigenvalue weighted by Gasteiger charge is 2.22. The normalized spacial score (nSPS) is 13.1. The quantitative estimate of drug-likeness (QED) is 0.624. The van der Waals surface area contributed by atoms with Crippen molar-refractivity contribution < 1.29 is 19.4 Å². The van der Waals surface area contributed by atoms with E-state index >= 15 is 0 Å². The summed E-state index contributed by atoms with van der Waals surface area (Å²) in [7, 11) is 1.36. The third-order valence-electron chi connectivity index (χ3n) is 2.44. The Morgan fingerprint density at radius 2 is 1.94 bits per heavy atom. The van der Waals surface area contributed by atoms with Crippen LogP contribution in [-0.4, -0.2) is 24.0 Å². The van der Waals surface area contributed by atoms with Gasteiger partial charge in [-0.2, -0.15) is 0 Å². The number of hydrogen-bond donors (Lipinski definition) is 1. The summed E-state index contributed by atoms with van der Waals surface area (Å²) in [5, 5.41) is 9.73. The first kappa shape index (κ1) is 14.7. The fourth-order valence-electron chi connectivity index (χ4n) is 1.66. The summed E-state index contributed by atoms with van der Waals surface area (Å²) in [5.41, 5.74) is 0.934. The molecule has 0 aromatic heterocycles. The van der Waals surface area contributed by atoms with Crippen LogP contribution < -0.4 is 0 Å². The number of ether oxygens (including phenoxy) is 2. The Hall–Kier alpha value is -1.39. The van der Waals surface area contributed by atoms with Crippen molar-refractivity contribution in [1.29, 1.82) is 0 Å². The summed E-state index contributed by atoms with van der Waals surface area (Å²) in [6.07, 6.45) is 0.401. The van der Waals surface area contributed by atoms with E-state index in [4.69, 9.17) is 4.74 Å². The third kappa shape index (κ3) is 5.29. The Bertz CT molecular complexity index is 367. The number of aliphatic hydroxyl groups is 1. The van der Waals surface area contributed by atoms with Crippen LogP contribution in [0.25, 0.3) is 0 Å². The molecule has 0 heterocycles. The van der Waals surface area contributed by atoms with Gasteiger partial charge >= 0.3 is 5.97 Å². The number of benzene rings is 1. The summed E-state index contributed by atoms with van der Waals surface area (Å²) < 4.78 is 10.2. The molecule has 0 radical (unpaired) electrons. The van der Waals surface area contributed by atoms with E-state index in [9.17, 15) is 9.90 Å². The van der Waals surface area contributed by atoms with Gasteiger partial charge in [0.15, 0.2) is 5.79 Å². The van der Waals surface area contributed by atoms with Crippen molar-refractivity contribution in [3.8, 4) is 0 Å². The van der Waals surface area contributed by atoms with E-state index in [1.807, 2.05) is 30.3 Å². The standard InChI is InChI=1S/C14H20O4/c1-14(2,16)18-12(9-10-13(15)17-3)11-7-5-4-6-8-11/h4-8,12,16H,9-10H2,1-3H3. The van der Waals surface area contributed by atoms with Crippen LogP contribution >= 0.6 is 0 Å². The van der Waals surface area contributed by atoms with Crippen molar-refractivity contribution >= 4 is 5.97 Å². The SMILES string of the molecule is COC(=O)CCC(OC(C)(C)O)c1ccccc1. The van der Waals surface area contributed by atoms with E-state index in [2.05, 4.69) is 4.74 Å². The highest BCUT2D eigenvalue weighted by molar-refractivity contribution is 5.69. The fourth-order valence-corrected chi connectivity index (χ4v) is 1.66. The van der Waals surface area contributed by atoms with Crippen LogP contribution in [0.5, 0.6) is 0 Å². The number of carbonyl (C=O) groups excluding carboxylic acids is 1. The van der Waals surface area contributed by atoms with Crippen molar-refractivity contribution in [2.24, 2.45) is 0 Å². The Labute approximate surface area is 108 Å². The molecule has 18 heavy (non-hydrogen) atoms. The van der Waals surface area contributed by atoms with Crippen molar-refractivity contribution in [2.45, 2.75) is 38.6 Å². The first-order valence-electron chi connectivity index (χ1n) is 5.94. The van der Waals surface area contributed by atoms with Crippen LogP contribution in [0.15, 0.2) is 30.3 Å². The molecule has 100 valence electrons. The molecular weight excluding hydrogens is 232 g/mol. The van der Waals surface area contributed by atoms with Gasteiger partial charge in [0.1, 0.15) is 0 Å². The summed E-state index contributed by atoms with van der Waals surface area (Å²) >= 11 is 0. The second-order valence-electron chi connectivity index (χ2n) is 4.58. The lowest BCUT2D eigenvalue weighted by atomic mass is 10.0. The summed E-state index contributed by atoms with van der Waals surface area (Å²) in [4.78, 5) is 11.2. The Balaban J connectivity index is 2.73. The lowest BCUT2D eigenvalue weighted by Crippen LogP contribution is -2.26. The largest absolute Gasteiger partial charge is 0.469 e. The molecule has 1 atom stereocenters. The highest BCUT2D eigenvalue weighted by atomic mass is 16.6. The van der Waals surface area contributed by atoms with Crippen LogP contribution in [0.2, 0.25) is 0 Å². The minimum atomic E-state index is -1.24. The maximum Gasteiger partial charge on any atom is 0.305 e. The summed E-state index contributed by atoms with van der Waals surface area (Å²) in [6, 6.07) is 9.52. The van der Waals surface area contributed by atoms with Gasteiger partial charge in [-0.3, -0.25) is 4.79 Å². The molecule has 0 aliphatic carbocycles. The molecule has 0 aliphatic rings. The molecule has 0 aliphatic heterocycles. The van der Waals surface area contributed by atoms with Gasteiger partial charge < -0.3 is 14.6 Å². The average Bonchev–Trinajstić information content (AvgIpc) is 2.33. The van der Waals surface area contributed by atoms with Gasteiger partial charge in [0.2, 0.25) is 0 Å². The molecule has 1 aromatic rings. The molecule has 0 bridgehead atoms. The van der Waals surface area contributed by atoms with Crippen LogP contribution in [0.1, 0.15) is 38.4 Å². The van der Waals surface area contributed by atoms with Gasteiger partial charge in [0.25, 0.3) is 0 Å². The molecule has 0 saturated carbocycles. The number of rotatable bonds is 6. The van der Waals surface area contributed by atoms with Gasteiger partial charge in [-0.15, -0.1) is 0 Å². The molecule has 0 fully saturated rings. The van der Waals surface area contributed by atoms with Gasteiger partial charge in [-0.05, 0) is 25.8 Å². The van der Waals surface area contributed by atoms with Crippen LogP contribution in [-0.2, 0) is 14.3 Å². The molecule has 4 heteroatoms. The predicted molar refractivity (Wildman–Crippen MR) is 67.8 cm³/mol. The first-order chi connectivity index (χ1) is 8.42. The Morgan fingerprint density at radius 1 is 1.33 bits per heavy atom. The number of esters is 1. The molecule has 1 N–H and O–H groups in total. The fraction of sp³-hybridized carbons (Fsp3) is 0.500. The first-order valence-corrected chi connectivity index (χ1v) is 5.94. The molecule has 0 spiro atoms. The second kappa shape index (κ2) is 6.52. The zero-order valence-electron chi connectivity index (χ0n) is 11.1. The highest BCUT2D eigenvalue weighted by Crippen LogP contribution is 2.27. The van der Waals surface area contributed by atoms with Crippen molar-refractivity contribution in [3.63, 3.8) is 0 Å². The Morgan fingerprint density at radius 3 is 2.44 bits per heavy atom. The van der Waals surface area contributed by atoms with Crippen molar-refractivity contribution in [2.75, 3.05) is 7.11 Å². The number of methoxy groups -OCH3 is 1. The summed E-state index contributed by atoms with van der Waals surface area (Å²) in [6.45, 7) is 3.14. The Kier molecular flexibility index (Phi) is 5.31. The average molecular weight is 252 g/mol. The molecule has 4 nitrogen and oxygen atoms in total. The maximum atomic E-state index is 11.2. The van der Waals surface area contributed by atoms with E-state index in [-0.39, 0.29) is 18.5 Å². The van der Waals surface area contributed by atoms with Crippen LogP contribution in [0, 0.1) is 0 Å². The number of hydrogen-bond acceptors (Lipinski definition) is 4. The van der Waals surface area contributed by atoms with Crippen LogP contribution in [0.3, 0.4) is 0 Å². The van der Waals surface area contributed by atoms with Gasteiger partial charge in [0.05, 0.1) is 13.2 Å². The zero-order valence-corrected chi connectivity index (χ0v) is 11.1. The van der Waals surface area contributed by atoms with E-state index in [1.54, 1.807) is 13.8 Å². The lowest BCUT2D eigenvalue weighted by Gasteiger charge is -2.26. The number of carbonyl (C=O) groups is 1. The topological polar surface area (TPSA) is 55.8 Å². The molecule has 1 rings (SSSR count). The molecular formula is C14H20O4. The monoisotopic (exact) mass is 252 g/mol. The molecule has 1 unspecified atom stereocenters. The molecule has 0 saturated heterocycles. The maximum absolute atomic E-state index is 11.2.